The predicted molar refractivity (Wildman–Crippen MR) is 65.5 cm³/mol. The number of nitrogens with zero attached hydrogens (tertiary/aromatic N) is 1. The van der Waals surface area contributed by atoms with E-state index < -0.39 is 0 Å². The fraction of sp³-hybridized carbons (Fsp3) is 0.417. The van der Waals surface area contributed by atoms with E-state index in [1.165, 1.54) is 5.56 Å². The third kappa shape index (κ3) is 2.80. The van der Waals surface area contributed by atoms with Gasteiger partial charge in [0.1, 0.15) is 5.82 Å². The van der Waals surface area contributed by atoms with E-state index >= 15 is 0 Å². The zero-order valence-electron chi connectivity index (χ0n) is 9.83. The van der Waals surface area contributed by atoms with E-state index in [0.29, 0.717) is 5.82 Å². The second-order valence-electron chi connectivity index (χ2n) is 4.56. The van der Waals surface area contributed by atoms with Crippen LogP contribution in [0.1, 0.15) is 38.8 Å². The zero-order valence-corrected chi connectivity index (χ0v) is 9.83. The molecule has 0 saturated heterocycles. The van der Waals surface area contributed by atoms with E-state index in [2.05, 4.69) is 37.2 Å². The molecular formula is C12H19N3. The molecule has 3 nitrogen and oxygen atoms in total. The average molecular weight is 205 g/mol. The average Bonchev–Trinajstić information content (AvgIpc) is 2.17. The first-order valence-corrected chi connectivity index (χ1v) is 5.09. The lowest BCUT2D eigenvalue weighted by molar-refractivity contribution is 0.587. The highest BCUT2D eigenvalue weighted by Crippen LogP contribution is 2.25. The van der Waals surface area contributed by atoms with Crippen LogP contribution < -0.4 is 11.3 Å². The smallest absolute Gasteiger partial charge is 0.147 e. The predicted octanol–water partition coefficient (Wildman–Crippen LogP) is 2.70. The van der Waals surface area contributed by atoms with Crippen LogP contribution in [-0.2, 0) is 5.41 Å². The Morgan fingerprint density at radius 2 is 2.07 bits per heavy atom. The SMILES string of the molecule is C/C=C\c1cc(C(C)(C)C)cnc1NN. The van der Waals surface area contributed by atoms with Crippen molar-refractivity contribution in [3.8, 4) is 0 Å². The number of hydrazine groups is 1. The summed E-state index contributed by atoms with van der Waals surface area (Å²) in [7, 11) is 0. The molecule has 0 radical (unpaired) electrons. The number of hydrogen-bond acceptors (Lipinski definition) is 3. The summed E-state index contributed by atoms with van der Waals surface area (Å²) in [5.41, 5.74) is 4.93. The van der Waals surface area contributed by atoms with Gasteiger partial charge in [-0.15, -0.1) is 0 Å². The van der Waals surface area contributed by atoms with Crippen molar-refractivity contribution in [2.45, 2.75) is 33.1 Å². The molecule has 0 unspecified atom stereocenters. The van der Waals surface area contributed by atoms with Crippen molar-refractivity contribution in [2.75, 3.05) is 5.43 Å². The number of anilines is 1. The van der Waals surface area contributed by atoms with Crippen molar-refractivity contribution >= 4 is 11.9 Å². The molecule has 82 valence electrons. The second-order valence-corrected chi connectivity index (χ2v) is 4.56. The number of allylic oxidation sites excluding steroid dienone is 1. The number of hydrogen-bond donors (Lipinski definition) is 2. The molecule has 0 atom stereocenters. The fourth-order valence-electron chi connectivity index (χ4n) is 1.32. The molecular weight excluding hydrogens is 186 g/mol. The summed E-state index contributed by atoms with van der Waals surface area (Å²) >= 11 is 0. The highest BCUT2D eigenvalue weighted by Gasteiger charge is 2.15. The minimum Gasteiger partial charge on any atom is -0.308 e. The largest absolute Gasteiger partial charge is 0.308 e. The van der Waals surface area contributed by atoms with E-state index in [-0.39, 0.29) is 5.41 Å². The molecule has 0 aliphatic carbocycles. The maximum absolute atomic E-state index is 5.39. The molecule has 0 fully saturated rings. The van der Waals surface area contributed by atoms with Crippen LogP contribution in [0.4, 0.5) is 5.82 Å². The van der Waals surface area contributed by atoms with E-state index in [0.717, 1.165) is 5.56 Å². The van der Waals surface area contributed by atoms with E-state index in [9.17, 15) is 0 Å². The van der Waals surface area contributed by atoms with Gasteiger partial charge in [-0.1, -0.05) is 32.9 Å². The van der Waals surface area contributed by atoms with Crippen LogP contribution in [0, 0.1) is 0 Å². The van der Waals surface area contributed by atoms with Gasteiger partial charge in [0, 0.05) is 11.8 Å². The Morgan fingerprint density at radius 3 is 2.53 bits per heavy atom. The molecule has 15 heavy (non-hydrogen) atoms. The van der Waals surface area contributed by atoms with E-state index in [1.807, 2.05) is 25.3 Å². The number of nitrogens with one attached hydrogen (secondary N) is 1. The molecule has 1 aromatic heterocycles. The molecule has 0 aliphatic heterocycles. The third-order valence-electron chi connectivity index (χ3n) is 2.27. The first kappa shape index (κ1) is 11.7. The Labute approximate surface area is 91.4 Å². The monoisotopic (exact) mass is 205 g/mol. The Hall–Kier alpha value is -1.35. The number of nitrogen functional groups attached to an aromatic ring is 1. The van der Waals surface area contributed by atoms with Gasteiger partial charge in [-0.3, -0.25) is 0 Å². The highest BCUT2D eigenvalue weighted by atomic mass is 15.2. The van der Waals surface area contributed by atoms with Crippen LogP contribution in [-0.4, -0.2) is 4.98 Å². The third-order valence-corrected chi connectivity index (χ3v) is 2.27. The molecule has 0 spiro atoms. The summed E-state index contributed by atoms with van der Waals surface area (Å²) in [5, 5.41) is 0. The van der Waals surface area contributed by atoms with Crippen molar-refractivity contribution in [1.29, 1.82) is 0 Å². The van der Waals surface area contributed by atoms with Gasteiger partial charge in [0.05, 0.1) is 0 Å². The maximum Gasteiger partial charge on any atom is 0.147 e. The van der Waals surface area contributed by atoms with Gasteiger partial charge >= 0.3 is 0 Å². The molecule has 0 amide bonds. The normalized spacial score (nSPS) is 12.1. The molecule has 3 heteroatoms. The maximum atomic E-state index is 5.39. The minimum absolute atomic E-state index is 0.108. The summed E-state index contributed by atoms with van der Waals surface area (Å²) in [6, 6.07) is 2.11. The first-order valence-electron chi connectivity index (χ1n) is 5.09. The standard InChI is InChI=1S/C12H19N3/c1-5-6-9-7-10(12(2,3)4)8-14-11(9)15-13/h5-8H,13H2,1-4H3,(H,14,15)/b6-5-. The van der Waals surface area contributed by atoms with Gasteiger partial charge in [-0.25, -0.2) is 10.8 Å². The summed E-state index contributed by atoms with van der Waals surface area (Å²) < 4.78 is 0. The summed E-state index contributed by atoms with van der Waals surface area (Å²) in [5.74, 6) is 6.10. The lowest BCUT2D eigenvalue weighted by atomic mass is 9.87. The molecule has 1 aromatic rings. The van der Waals surface area contributed by atoms with Gasteiger partial charge in [0.15, 0.2) is 0 Å². The van der Waals surface area contributed by atoms with Gasteiger partial charge in [0.2, 0.25) is 0 Å². The van der Waals surface area contributed by atoms with E-state index in [1.54, 1.807) is 0 Å². The molecule has 0 aromatic carbocycles. The van der Waals surface area contributed by atoms with Gasteiger partial charge in [0.25, 0.3) is 0 Å². The Bertz CT molecular complexity index is 362. The molecule has 0 aliphatic rings. The van der Waals surface area contributed by atoms with Crippen molar-refractivity contribution < 1.29 is 0 Å². The Balaban J connectivity index is 3.22. The molecule has 3 N–H and O–H groups in total. The van der Waals surface area contributed by atoms with Crippen molar-refractivity contribution in [3.05, 3.63) is 29.5 Å². The van der Waals surface area contributed by atoms with Crippen molar-refractivity contribution in [2.24, 2.45) is 5.84 Å². The van der Waals surface area contributed by atoms with Crippen LogP contribution in [0.3, 0.4) is 0 Å². The van der Waals surface area contributed by atoms with Gasteiger partial charge in [-0.2, -0.15) is 0 Å². The molecule has 1 rings (SSSR count). The minimum atomic E-state index is 0.108. The number of nitrogens with two attached hydrogens (primary N) is 1. The van der Waals surface area contributed by atoms with Crippen molar-refractivity contribution in [1.82, 2.24) is 4.98 Å². The second kappa shape index (κ2) is 4.45. The van der Waals surface area contributed by atoms with Crippen LogP contribution in [0.25, 0.3) is 6.08 Å². The van der Waals surface area contributed by atoms with Crippen LogP contribution >= 0.6 is 0 Å². The zero-order chi connectivity index (χ0) is 11.5. The highest BCUT2D eigenvalue weighted by molar-refractivity contribution is 5.63. The molecule has 1 heterocycles. The summed E-state index contributed by atoms with van der Waals surface area (Å²) in [6.07, 6.45) is 5.84. The number of aromatic nitrogens is 1. The van der Waals surface area contributed by atoms with E-state index in [4.69, 9.17) is 5.84 Å². The van der Waals surface area contributed by atoms with Crippen molar-refractivity contribution in [3.63, 3.8) is 0 Å². The summed E-state index contributed by atoms with van der Waals surface area (Å²) in [4.78, 5) is 4.29. The lowest BCUT2D eigenvalue weighted by Crippen LogP contribution is -2.15. The molecule has 0 saturated carbocycles. The first-order chi connectivity index (χ1) is 6.99. The van der Waals surface area contributed by atoms with Crippen LogP contribution in [0.15, 0.2) is 18.3 Å². The number of pyridine rings is 1. The summed E-state index contributed by atoms with van der Waals surface area (Å²) in [6.45, 7) is 8.47. The fourth-order valence-corrected chi connectivity index (χ4v) is 1.32. The molecule has 0 bridgehead atoms. The van der Waals surface area contributed by atoms with Crippen LogP contribution in [0.5, 0.6) is 0 Å². The number of rotatable bonds is 2. The van der Waals surface area contributed by atoms with Crippen LogP contribution in [0.2, 0.25) is 0 Å². The Morgan fingerprint density at radius 1 is 1.40 bits per heavy atom. The lowest BCUT2D eigenvalue weighted by Gasteiger charge is -2.19. The Kier molecular flexibility index (Phi) is 3.48. The van der Waals surface area contributed by atoms with Gasteiger partial charge < -0.3 is 5.43 Å². The van der Waals surface area contributed by atoms with Gasteiger partial charge in [-0.05, 0) is 24.0 Å². The quantitative estimate of drug-likeness (QED) is 0.576. The topological polar surface area (TPSA) is 50.9 Å².